The molecule has 1 aromatic rings. The van der Waals surface area contributed by atoms with Crippen LogP contribution in [-0.2, 0) is 10.3 Å². The van der Waals surface area contributed by atoms with E-state index in [9.17, 15) is 4.79 Å². The minimum atomic E-state index is -0.502. The predicted octanol–water partition coefficient (Wildman–Crippen LogP) is 1.22. The average Bonchev–Trinajstić information content (AvgIpc) is 3.09. The quantitative estimate of drug-likeness (QED) is 0.878. The smallest absolute Gasteiger partial charge is 0.248 e. The van der Waals surface area contributed by atoms with Crippen LogP contribution in [0.25, 0.3) is 0 Å². The van der Waals surface area contributed by atoms with Gasteiger partial charge in [-0.2, -0.15) is 16.9 Å². The van der Waals surface area contributed by atoms with E-state index in [1.807, 2.05) is 28.7 Å². The summed E-state index contributed by atoms with van der Waals surface area (Å²) in [7, 11) is 0. The van der Waals surface area contributed by atoms with E-state index in [0.29, 0.717) is 5.92 Å². The summed E-state index contributed by atoms with van der Waals surface area (Å²) in [5.41, 5.74) is -0.502. The van der Waals surface area contributed by atoms with Crippen LogP contribution in [0.3, 0.4) is 0 Å². The van der Waals surface area contributed by atoms with E-state index >= 15 is 0 Å². The fourth-order valence-electron chi connectivity index (χ4n) is 3.27. The minimum absolute atomic E-state index is 0.144. The number of nitrogens with one attached hydrogen (secondary N) is 2. The van der Waals surface area contributed by atoms with Gasteiger partial charge in [0.1, 0.15) is 5.54 Å². The second-order valence-electron chi connectivity index (χ2n) is 6.00. The van der Waals surface area contributed by atoms with Crippen molar-refractivity contribution in [2.75, 3.05) is 31.1 Å². The number of hydrogen-bond donors (Lipinski definition) is 2. The van der Waals surface area contributed by atoms with Gasteiger partial charge in [-0.15, -0.1) is 0 Å². The van der Waals surface area contributed by atoms with Crippen molar-refractivity contribution >= 4 is 17.7 Å². The minimum Gasteiger partial charge on any atom is -0.354 e. The first kappa shape index (κ1) is 14.9. The summed E-state index contributed by atoms with van der Waals surface area (Å²) in [5.74, 6) is 3.25. The van der Waals surface area contributed by atoms with Crippen molar-refractivity contribution in [2.45, 2.75) is 31.2 Å². The molecule has 0 unspecified atom stereocenters. The lowest BCUT2D eigenvalue weighted by Gasteiger charge is -2.37. The Labute approximate surface area is 130 Å². The molecule has 21 heavy (non-hydrogen) atoms. The fraction of sp³-hybridized carbons (Fsp3) is 0.733. The topological polar surface area (TPSA) is 59.0 Å². The summed E-state index contributed by atoms with van der Waals surface area (Å²) in [4.78, 5) is 12.9. The molecule has 2 aliphatic heterocycles. The van der Waals surface area contributed by atoms with Gasteiger partial charge >= 0.3 is 0 Å². The third-order valence-electron chi connectivity index (χ3n) is 4.69. The lowest BCUT2D eigenvalue weighted by atomic mass is 9.87. The zero-order valence-electron chi connectivity index (χ0n) is 12.4. The van der Waals surface area contributed by atoms with E-state index in [1.54, 1.807) is 6.20 Å². The van der Waals surface area contributed by atoms with Crippen LogP contribution in [0, 0.1) is 5.92 Å². The molecule has 6 heteroatoms. The lowest BCUT2D eigenvalue weighted by Crippen LogP contribution is -2.55. The summed E-state index contributed by atoms with van der Waals surface area (Å²) < 4.78 is 1.86. The van der Waals surface area contributed by atoms with E-state index in [1.165, 1.54) is 24.3 Å². The molecule has 1 aromatic heterocycles. The highest BCUT2D eigenvalue weighted by Crippen LogP contribution is 2.28. The van der Waals surface area contributed by atoms with E-state index in [2.05, 4.69) is 15.7 Å². The van der Waals surface area contributed by atoms with Gasteiger partial charge in [-0.3, -0.25) is 9.48 Å². The maximum atomic E-state index is 12.9. The molecule has 0 saturated carbocycles. The second kappa shape index (κ2) is 6.83. The van der Waals surface area contributed by atoms with Gasteiger partial charge in [0, 0.05) is 18.9 Å². The van der Waals surface area contributed by atoms with Crippen molar-refractivity contribution < 1.29 is 4.79 Å². The van der Waals surface area contributed by atoms with Crippen LogP contribution < -0.4 is 10.6 Å². The third kappa shape index (κ3) is 3.26. The zero-order valence-corrected chi connectivity index (χ0v) is 13.2. The van der Waals surface area contributed by atoms with Gasteiger partial charge in [-0.05, 0) is 62.3 Å². The molecule has 0 aromatic carbocycles. The second-order valence-corrected chi connectivity index (χ2v) is 7.22. The molecule has 2 aliphatic rings. The van der Waals surface area contributed by atoms with Crippen molar-refractivity contribution in [3.63, 3.8) is 0 Å². The van der Waals surface area contributed by atoms with Gasteiger partial charge in [-0.1, -0.05) is 0 Å². The predicted molar refractivity (Wildman–Crippen MR) is 85.4 cm³/mol. The highest BCUT2D eigenvalue weighted by molar-refractivity contribution is 7.99. The summed E-state index contributed by atoms with van der Waals surface area (Å²) in [6, 6.07) is 1.90. The van der Waals surface area contributed by atoms with Gasteiger partial charge in [-0.25, -0.2) is 0 Å². The summed E-state index contributed by atoms with van der Waals surface area (Å²) in [6.45, 7) is 2.55. The van der Waals surface area contributed by atoms with E-state index in [4.69, 9.17) is 0 Å². The van der Waals surface area contributed by atoms with Crippen LogP contribution in [0.2, 0.25) is 0 Å². The molecule has 2 N–H and O–H groups in total. The lowest BCUT2D eigenvalue weighted by molar-refractivity contribution is -0.132. The Morgan fingerprint density at radius 2 is 2.14 bits per heavy atom. The average molecular weight is 308 g/mol. The number of amides is 1. The van der Waals surface area contributed by atoms with E-state index in [-0.39, 0.29) is 5.91 Å². The first-order valence-electron chi connectivity index (χ1n) is 7.88. The number of rotatable bonds is 4. The van der Waals surface area contributed by atoms with Crippen LogP contribution in [0.1, 0.15) is 25.7 Å². The third-order valence-corrected chi connectivity index (χ3v) is 5.74. The number of piperidine rings is 1. The molecule has 116 valence electrons. The van der Waals surface area contributed by atoms with E-state index < -0.39 is 5.54 Å². The fourth-order valence-corrected chi connectivity index (χ4v) is 4.48. The molecule has 2 fully saturated rings. The summed E-state index contributed by atoms with van der Waals surface area (Å²) in [6.07, 6.45) is 7.74. The van der Waals surface area contributed by atoms with Gasteiger partial charge in [0.2, 0.25) is 5.91 Å². The highest BCUT2D eigenvalue weighted by Gasteiger charge is 2.41. The number of nitrogens with zero attached hydrogens (tertiary/aromatic N) is 2. The Bertz CT molecular complexity index is 450. The van der Waals surface area contributed by atoms with Crippen LogP contribution in [0.5, 0.6) is 0 Å². The standard InChI is InChI=1S/C15H24N4OS/c20-14(17-12-13-2-10-21-11-3-13)15(4-7-16-8-5-15)19-9-1-6-18-19/h1,6,9,13,16H,2-5,7-8,10-12H2,(H,17,20). The molecule has 2 saturated heterocycles. The number of carbonyl (C=O) groups excluding carboxylic acids is 1. The molecule has 5 nitrogen and oxygen atoms in total. The first-order valence-corrected chi connectivity index (χ1v) is 9.04. The maximum Gasteiger partial charge on any atom is 0.248 e. The molecule has 3 rings (SSSR count). The molecular weight excluding hydrogens is 284 g/mol. The summed E-state index contributed by atoms with van der Waals surface area (Å²) >= 11 is 2.02. The molecule has 0 atom stereocenters. The number of hydrogen-bond acceptors (Lipinski definition) is 4. The molecule has 1 amide bonds. The van der Waals surface area contributed by atoms with Crippen molar-refractivity contribution in [1.82, 2.24) is 20.4 Å². The Morgan fingerprint density at radius 1 is 1.38 bits per heavy atom. The summed E-state index contributed by atoms with van der Waals surface area (Å²) in [5, 5.41) is 10.9. The first-order chi connectivity index (χ1) is 10.3. The zero-order chi connectivity index (χ0) is 14.5. The number of aromatic nitrogens is 2. The largest absolute Gasteiger partial charge is 0.354 e. The van der Waals surface area contributed by atoms with Crippen LogP contribution in [0.4, 0.5) is 0 Å². The van der Waals surface area contributed by atoms with Crippen LogP contribution in [0.15, 0.2) is 18.5 Å². The molecule has 0 bridgehead atoms. The van der Waals surface area contributed by atoms with Gasteiger partial charge in [0.25, 0.3) is 0 Å². The van der Waals surface area contributed by atoms with Crippen LogP contribution >= 0.6 is 11.8 Å². The Morgan fingerprint density at radius 3 is 2.81 bits per heavy atom. The molecule has 0 aliphatic carbocycles. The Kier molecular flexibility index (Phi) is 4.85. The maximum absolute atomic E-state index is 12.9. The highest BCUT2D eigenvalue weighted by atomic mass is 32.2. The van der Waals surface area contributed by atoms with E-state index in [0.717, 1.165) is 32.5 Å². The van der Waals surface area contributed by atoms with Gasteiger partial charge < -0.3 is 10.6 Å². The van der Waals surface area contributed by atoms with Crippen molar-refractivity contribution in [3.8, 4) is 0 Å². The molecule has 0 spiro atoms. The normalized spacial score (nSPS) is 22.9. The number of carbonyl (C=O) groups is 1. The molecule has 0 radical (unpaired) electrons. The molecular formula is C15H24N4OS. The van der Waals surface area contributed by atoms with Crippen molar-refractivity contribution in [3.05, 3.63) is 18.5 Å². The Hall–Kier alpha value is -1.01. The van der Waals surface area contributed by atoms with Gasteiger partial charge in [0.05, 0.1) is 0 Å². The SMILES string of the molecule is O=C(NCC1CCSCC1)C1(n2cccn2)CCNCC1. The Balaban J connectivity index is 1.66. The van der Waals surface area contributed by atoms with Crippen molar-refractivity contribution in [2.24, 2.45) is 5.92 Å². The molecule has 3 heterocycles. The monoisotopic (exact) mass is 308 g/mol. The van der Waals surface area contributed by atoms with Crippen molar-refractivity contribution in [1.29, 1.82) is 0 Å². The van der Waals surface area contributed by atoms with Crippen LogP contribution in [-0.4, -0.2) is 46.8 Å². The number of thioether (sulfide) groups is 1. The van der Waals surface area contributed by atoms with Gasteiger partial charge in [0.15, 0.2) is 0 Å².